The van der Waals surface area contributed by atoms with Gasteiger partial charge in [0.05, 0.1) is 5.92 Å². The zero-order valence-electron chi connectivity index (χ0n) is 17.1. The first kappa shape index (κ1) is 25.4. The Morgan fingerprint density at radius 3 is 1.97 bits per heavy atom. The van der Waals surface area contributed by atoms with Crippen LogP contribution in [0, 0.1) is 11.7 Å². The van der Waals surface area contributed by atoms with Crippen LogP contribution in [0.3, 0.4) is 0 Å². The van der Waals surface area contributed by atoms with Crippen LogP contribution in [-0.4, -0.2) is 76.4 Å². The number of carboxylic acids is 2. The number of carboxylic acid groups (broad SMARTS) is 2. The third kappa shape index (κ3) is 7.36. The maximum atomic E-state index is 12.9. The molecule has 3 N–H and O–H groups in total. The van der Waals surface area contributed by atoms with E-state index in [2.05, 4.69) is 10.2 Å². The number of rotatable bonds is 3. The van der Waals surface area contributed by atoms with E-state index < -0.39 is 18.1 Å². The van der Waals surface area contributed by atoms with Crippen molar-refractivity contribution in [2.75, 3.05) is 31.5 Å². The summed E-state index contributed by atoms with van der Waals surface area (Å²) in [7, 11) is 0. The van der Waals surface area contributed by atoms with Crippen LogP contribution in [0.15, 0.2) is 24.3 Å². The Balaban J connectivity index is 0.000000451. The molecule has 8 nitrogen and oxygen atoms in total. The lowest BCUT2D eigenvalue weighted by atomic mass is 9.83. The van der Waals surface area contributed by atoms with Crippen molar-refractivity contribution in [3.05, 3.63) is 30.1 Å². The van der Waals surface area contributed by atoms with E-state index in [-0.39, 0.29) is 23.8 Å². The second kappa shape index (κ2) is 11.1. The lowest BCUT2D eigenvalue weighted by Crippen LogP contribution is -2.55. The summed E-state index contributed by atoms with van der Waals surface area (Å²) in [5, 5.41) is 19.3. The van der Waals surface area contributed by atoms with Gasteiger partial charge in [0.2, 0.25) is 0 Å². The molecule has 1 aliphatic carbocycles. The average molecular weight is 463 g/mol. The standard InChI is InChI=1S/C18H24FN3O3.C2HF3O2/c19-13-5-7-14(8-6-13)20-18(25)22-11-9-21(10-12-22)16-4-2-1-3-15(16)17(23)24;3-2(4,5)1(6)7/h5-8,15-16H,1-4,9-12H2,(H,20,25)(H,23,24);(H,6,7). The van der Waals surface area contributed by atoms with Gasteiger partial charge < -0.3 is 20.4 Å². The zero-order valence-corrected chi connectivity index (χ0v) is 17.1. The molecular formula is C20H25F4N3O5. The Bertz CT molecular complexity index is 795. The van der Waals surface area contributed by atoms with Gasteiger partial charge in [-0.15, -0.1) is 0 Å². The van der Waals surface area contributed by atoms with E-state index in [1.807, 2.05) is 0 Å². The minimum Gasteiger partial charge on any atom is -0.481 e. The Morgan fingerprint density at radius 2 is 1.47 bits per heavy atom. The predicted octanol–water partition coefficient (Wildman–Crippen LogP) is 3.25. The third-order valence-corrected chi connectivity index (χ3v) is 5.46. The molecule has 0 aromatic heterocycles. The largest absolute Gasteiger partial charge is 0.490 e. The summed E-state index contributed by atoms with van der Waals surface area (Å²) >= 11 is 0. The summed E-state index contributed by atoms with van der Waals surface area (Å²) < 4.78 is 44.7. The Labute approximate surface area is 181 Å². The number of aliphatic carboxylic acids is 2. The zero-order chi connectivity index (χ0) is 23.9. The molecule has 2 unspecified atom stereocenters. The molecule has 1 saturated heterocycles. The number of urea groups is 1. The first-order chi connectivity index (χ1) is 15.0. The van der Waals surface area contributed by atoms with Crippen molar-refractivity contribution < 1.29 is 42.2 Å². The number of nitrogens with one attached hydrogen (secondary N) is 1. The topological polar surface area (TPSA) is 110 Å². The predicted molar refractivity (Wildman–Crippen MR) is 106 cm³/mol. The normalized spacial score (nSPS) is 21.8. The number of carbonyl (C=O) groups is 3. The molecule has 1 aliphatic heterocycles. The average Bonchev–Trinajstić information content (AvgIpc) is 2.75. The number of piperazine rings is 1. The van der Waals surface area contributed by atoms with Gasteiger partial charge in [-0.1, -0.05) is 12.8 Å². The number of halogens is 4. The Kier molecular flexibility index (Phi) is 8.81. The van der Waals surface area contributed by atoms with Crippen LogP contribution in [0.1, 0.15) is 25.7 Å². The molecule has 2 fully saturated rings. The fourth-order valence-electron chi connectivity index (χ4n) is 3.83. The number of nitrogens with zero attached hydrogens (tertiary/aromatic N) is 2. The van der Waals surface area contributed by atoms with E-state index >= 15 is 0 Å². The lowest BCUT2D eigenvalue weighted by molar-refractivity contribution is -0.192. The Morgan fingerprint density at radius 1 is 0.938 bits per heavy atom. The van der Waals surface area contributed by atoms with Gasteiger partial charge in [0.1, 0.15) is 5.82 Å². The number of hydrogen-bond donors (Lipinski definition) is 3. The summed E-state index contributed by atoms with van der Waals surface area (Å²) in [5.41, 5.74) is 0.562. The summed E-state index contributed by atoms with van der Waals surface area (Å²) in [4.78, 5) is 36.6. The molecule has 3 rings (SSSR count). The molecule has 1 aromatic rings. The quantitative estimate of drug-likeness (QED) is 0.594. The van der Waals surface area contributed by atoms with Gasteiger partial charge >= 0.3 is 24.1 Å². The van der Waals surface area contributed by atoms with Crippen LogP contribution in [0.4, 0.5) is 28.0 Å². The van der Waals surface area contributed by atoms with Crippen molar-refractivity contribution in [3.8, 4) is 0 Å². The highest BCUT2D eigenvalue weighted by atomic mass is 19.4. The molecule has 1 saturated carbocycles. The monoisotopic (exact) mass is 463 g/mol. The highest BCUT2D eigenvalue weighted by Gasteiger charge is 2.38. The molecular weight excluding hydrogens is 438 g/mol. The van der Waals surface area contributed by atoms with Crippen LogP contribution in [0.25, 0.3) is 0 Å². The van der Waals surface area contributed by atoms with Gasteiger partial charge in [0, 0.05) is 37.9 Å². The highest BCUT2D eigenvalue weighted by molar-refractivity contribution is 5.89. The van der Waals surface area contributed by atoms with Crippen molar-refractivity contribution in [1.82, 2.24) is 9.80 Å². The Hall–Kier alpha value is -2.89. The molecule has 2 amide bonds. The molecule has 12 heteroatoms. The van der Waals surface area contributed by atoms with E-state index in [1.54, 1.807) is 4.90 Å². The van der Waals surface area contributed by atoms with Gasteiger partial charge in [0.25, 0.3) is 0 Å². The van der Waals surface area contributed by atoms with Gasteiger partial charge in [-0.25, -0.2) is 14.0 Å². The molecule has 0 bridgehead atoms. The van der Waals surface area contributed by atoms with Crippen molar-refractivity contribution in [3.63, 3.8) is 0 Å². The lowest BCUT2D eigenvalue weighted by Gasteiger charge is -2.42. The maximum absolute atomic E-state index is 12.9. The minimum absolute atomic E-state index is 0.0774. The van der Waals surface area contributed by atoms with Crippen LogP contribution in [0.5, 0.6) is 0 Å². The third-order valence-electron chi connectivity index (χ3n) is 5.46. The molecule has 0 spiro atoms. The summed E-state index contributed by atoms with van der Waals surface area (Å²) in [6, 6.07) is 5.55. The summed E-state index contributed by atoms with van der Waals surface area (Å²) in [5.74, 6) is -4.10. The van der Waals surface area contributed by atoms with E-state index in [0.29, 0.717) is 31.9 Å². The number of hydrogen-bond acceptors (Lipinski definition) is 4. The highest BCUT2D eigenvalue weighted by Crippen LogP contribution is 2.29. The number of alkyl halides is 3. The number of benzene rings is 1. The van der Waals surface area contributed by atoms with Gasteiger partial charge in [-0.3, -0.25) is 9.69 Å². The van der Waals surface area contributed by atoms with Crippen molar-refractivity contribution >= 4 is 23.7 Å². The minimum atomic E-state index is -5.08. The van der Waals surface area contributed by atoms with Crippen molar-refractivity contribution in [2.45, 2.75) is 37.9 Å². The second-order valence-electron chi connectivity index (χ2n) is 7.56. The number of amides is 2. The fraction of sp³-hybridized carbons (Fsp3) is 0.550. The molecule has 178 valence electrons. The fourth-order valence-corrected chi connectivity index (χ4v) is 3.83. The van der Waals surface area contributed by atoms with Gasteiger partial charge in [-0.2, -0.15) is 13.2 Å². The van der Waals surface area contributed by atoms with Crippen LogP contribution in [0.2, 0.25) is 0 Å². The van der Waals surface area contributed by atoms with Crippen LogP contribution < -0.4 is 5.32 Å². The van der Waals surface area contributed by atoms with Crippen molar-refractivity contribution in [1.29, 1.82) is 0 Å². The SMILES string of the molecule is O=C(O)C(F)(F)F.O=C(O)C1CCCCC1N1CCN(C(=O)Nc2ccc(F)cc2)CC1. The van der Waals surface area contributed by atoms with E-state index in [9.17, 15) is 32.3 Å². The molecule has 32 heavy (non-hydrogen) atoms. The van der Waals surface area contributed by atoms with Crippen LogP contribution >= 0.6 is 0 Å². The summed E-state index contributed by atoms with van der Waals surface area (Å²) in [6.07, 6.45) is -1.38. The maximum Gasteiger partial charge on any atom is 0.490 e. The smallest absolute Gasteiger partial charge is 0.481 e. The van der Waals surface area contributed by atoms with E-state index in [0.717, 1.165) is 25.7 Å². The second-order valence-corrected chi connectivity index (χ2v) is 7.56. The van der Waals surface area contributed by atoms with Gasteiger partial charge in [0.15, 0.2) is 0 Å². The number of carbonyl (C=O) groups excluding carboxylic acids is 1. The molecule has 0 radical (unpaired) electrons. The van der Waals surface area contributed by atoms with Crippen molar-refractivity contribution in [2.24, 2.45) is 5.92 Å². The molecule has 1 heterocycles. The van der Waals surface area contributed by atoms with Crippen LogP contribution in [-0.2, 0) is 9.59 Å². The molecule has 2 atom stereocenters. The first-order valence-corrected chi connectivity index (χ1v) is 10.1. The first-order valence-electron chi connectivity index (χ1n) is 10.1. The number of anilines is 1. The molecule has 1 aromatic carbocycles. The van der Waals surface area contributed by atoms with E-state index in [1.165, 1.54) is 24.3 Å². The van der Waals surface area contributed by atoms with Gasteiger partial charge in [-0.05, 0) is 37.1 Å². The van der Waals surface area contributed by atoms with E-state index in [4.69, 9.17) is 9.90 Å². The molecule has 2 aliphatic rings. The summed E-state index contributed by atoms with van der Waals surface area (Å²) in [6.45, 7) is 2.50.